The van der Waals surface area contributed by atoms with Gasteiger partial charge in [-0.2, -0.15) is 13.4 Å². The Balaban J connectivity index is 1.79. The summed E-state index contributed by atoms with van der Waals surface area (Å²) in [5, 5.41) is 8.87. The van der Waals surface area contributed by atoms with Gasteiger partial charge < -0.3 is 33.3 Å². The van der Waals surface area contributed by atoms with Crippen molar-refractivity contribution in [1.29, 1.82) is 0 Å². The molecule has 0 saturated heterocycles. The van der Waals surface area contributed by atoms with E-state index < -0.39 is 32.5 Å². The van der Waals surface area contributed by atoms with Crippen molar-refractivity contribution in [2.45, 2.75) is 25.1 Å². The predicted octanol–water partition coefficient (Wildman–Crippen LogP) is 3.97. The molecule has 3 heterocycles. The Morgan fingerprint density at radius 2 is 1.67 bits per heavy atom. The number of benzene rings is 1. The second kappa shape index (κ2) is 16.8. The second-order valence-corrected chi connectivity index (χ2v) is 11.4. The topological polar surface area (TPSA) is 214 Å². The van der Waals surface area contributed by atoms with Crippen molar-refractivity contribution in [3.8, 4) is 34.5 Å². The molecule has 0 radical (unpaired) electrons. The van der Waals surface area contributed by atoms with Gasteiger partial charge in [0.1, 0.15) is 13.2 Å². The maximum Gasteiger partial charge on any atom is 0.510 e. The monoisotopic (exact) mass is 700 g/mol. The lowest BCUT2D eigenvalue weighted by Gasteiger charge is -2.30. The Kier molecular flexibility index (Phi) is 12.4. The number of aryl methyl sites for hydroxylation is 1. The number of anilines is 1. The van der Waals surface area contributed by atoms with Gasteiger partial charge in [-0.05, 0) is 49.7 Å². The smallest absolute Gasteiger partial charge is 0.493 e. The summed E-state index contributed by atoms with van der Waals surface area (Å²) in [5.74, 6) is -0.356. The minimum absolute atomic E-state index is 0.0201. The van der Waals surface area contributed by atoms with Gasteiger partial charge >= 0.3 is 6.16 Å². The summed E-state index contributed by atoms with van der Waals surface area (Å²) in [6.07, 6.45) is 1.44. The zero-order chi connectivity index (χ0) is 35.4. The molecule has 0 spiro atoms. The lowest BCUT2D eigenvalue weighted by Crippen LogP contribution is -2.43. The van der Waals surface area contributed by atoms with Crippen LogP contribution in [-0.4, -0.2) is 86.5 Å². The van der Waals surface area contributed by atoms with Crippen molar-refractivity contribution in [3.63, 3.8) is 0 Å². The maximum atomic E-state index is 14.4. The van der Waals surface area contributed by atoms with E-state index in [1.807, 2.05) is 0 Å². The predicted molar refractivity (Wildman–Crippen MR) is 169 cm³/mol. The molecule has 0 N–H and O–H groups in total. The summed E-state index contributed by atoms with van der Waals surface area (Å²) < 4.78 is 62.3. The Hall–Kier alpha value is -5.82. The third-order valence-electron chi connectivity index (χ3n) is 6.31. The molecule has 0 aliphatic rings. The van der Waals surface area contributed by atoms with Crippen LogP contribution in [0.3, 0.4) is 0 Å². The fraction of sp³-hybridized carbons (Fsp3) is 0.300. The van der Waals surface area contributed by atoms with Crippen molar-refractivity contribution >= 4 is 22.0 Å². The summed E-state index contributed by atoms with van der Waals surface area (Å²) in [6, 6.07) is 12.6. The number of ether oxygens (including phenoxy) is 6. The van der Waals surface area contributed by atoms with Crippen LogP contribution >= 0.6 is 0 Å². The molecule has 18 nitrogen and oxygen atoms in total. The number of para-hydroxylation sites is 2. The van der Waals surface area contributed by atoms with Crippen molar-refractivity contribution in [2.75, 3.05) is 45.0 Å². The summed E-state index contributed by atoms with van der Waals surface area (Å²) >= 11 is 0. The molecule has 19 heteroatoms. The molecule has 4 rings (SSSR count). The summed E-state index contributed by atoms with van der Waals surface area (Å²) in [7, 11) is -1.95. The molecule has 1 atom stereocenters. The van der Waals surface area contributed by atoms with Crippen molar-refractivity contribution in [2.24, 2.45) is 0 Å². The molecule has 4 aromatic rings. The van der Waals surface area contributed by atoms with Crippen molar-refractivity contribution < 1.29 is 51.6 Å². The van der Waals surface area contributed by atoms with Gasteiger partial charge in [-0.25, -0.2) is 19.1 Å². The Morgan fingerprint density at radius 1 is 0.959 bits per heavy atom. The van der Waals surface area contributed by atoms with Gasteiger partial charge in [0.2, 0.25) is 5.75 Å². The first kappa shape index (κ1) is 36.0. The molecule has 0 aliphatic heterocycles. The molecule has 0 saturated carbocycles. The number of carbonyl (C=O) groups excluding carboxylic acids is 1. The van der Waals surface area contributed by atoms with Gasteiger partial charge in [0, 0.05) is 24.2 Å². The van der Waals surface area contributed by atoms with E-state index in [1.54, 1.807) is 49.4 Å². The zero-order valence-corrected chi connectivity index (χ0v) is 27.6. The SMILES string of the molecule is COc1ccccc1Oc1c(OC)nc(-c2ccncc2)nc1N(C(C)OC(=O)OCCOCCO[N+](=O)[O-])S(=O)(=O)c1ccc(C)cn1. The van der Waals surface area contributed by atoms with E-state index in [9.17, 15) is 23.3 Å². The van der Waals surface area contributed by atoms with Crippen LogP contribution in [0, 0.1) is 17.0 Å². The minimum Gasteiger partial charge on any atom is -0.493 e. The van der Waals surface area contributed by atoms with Crippen molar-refractivity contribution in [1.82, 2.24) is 19.9 Å². The molecule has 0 amide bonds. The largest absolute Gasteiger partial charge is 0.510 e. The van der Waals surface area contributed by atoms with Crippen molar-refractivity contribution in [3.05, 3.63) is 82.8 Å². The number of pyridine rings is 2. The number of rotatable bonds is 17. The summed E-state index contributed by atoms with van der Waals surface area (Å²) in [6.45, 7) is 2.05. The first-order chi connectivity index (χ1) is 23.5. The number of sulfonamides is 1. The lowest BCUT2D eigenvalue weighted by atomic mass is 10.2. The number of nitrogens with zero attached hydrogens (tertiary/aromatic N) is 6. The number of methoxy groups -OCH3 is 2. The zero-order valence-electron chi connectivity index (χ0n) is 26.7. The highest BCUT2D eigenvalue weighted by atomic mass is 32.2. The molecule has 0 bridgehead atoms. The molecular formula is C30H32N6O12S. The Labute approximate surface area is 280 Å². The van der Waals surface area contributed by atoms with Crippen LogP contribution in [0.15, 0.2) is 72.1 Å². The van der Waals surface area contributed by atoms with Crippen LogP contribution in [-0.2, 0) is 29.1 Å². The van der Waals surface area contributed by atoms with Crippen LogP contribution in [0.4, 0.5) is 10.6 Å². The summed E-state index contributed by atoms with van der Waals surface area (Å²) in [4.78, 5) is 44.3. The van der Waals surface area contributed by atoms with Gasteiger partial charge in [0.05, 0.1) is 27.4 Å². The minimum atomic E-state index is -4.69. The van der Waals surface area contributed by atoms with Crippen LogP contribution in [0.1, 0.15) is 12.5 Å². The van der Waals surface area contributed by atoms with E-state index in [4.69, 9.17) is 28.4 Å². The number of hydrogen-bond donors (Lipinski definition) is 0. The van der Waals surface area contributed by atoms with Crippen LogP contribution in [0.5, 0.6) is 23.1 Å². The highest BCUT2D eigenvalue weighted by molar-refractivity contribution is 7.92. The Bertz CT molecular complexity index is 1830. The molecule has 1 unspecified atom stereocenters. The van der Waals surface area contributed by atoms with Crippen LogP contribution in [0.25, 0.3) is 11.4 Å². The average Bonchev–Trinajstić information content (AvgIpc) is 3.09. The molecule has 260 valence electrons. The van der Waals surface area contributed by atoms with Crippen LogP contribution in [0.2, 0.25) is 0 Å². The van der Waals surface area contributed by atoms with Gasteiger partial charge in [-0.1, -0.05) is 18.2 Å². The number of aromatic nitrogens is 4. The van der Waals surface area contributed by atoms with Gasteiger partial charge in [-0.15, -0.1) is 10.1 Å². The van der Waals surface area contributed by atoms with E-state index in [1.165, 1.54) is 45.8 Å². The first-order valence-electron chi connectivity index (χ1n) is 14.4. The molecule has 0 fully saturated rings. The van der Waals surface area contributed by atoms with E-state index in [0.29, 0.717) is 21.2 Å². The van der Waals surface area contributed by atoms with Gasteiger partial charge in [0.15, 0.2) is 34.4 Å². The Morgan fingerprint density at radius 3 is 2.33 bits per heavy atom. The third-order valence-corrected chi connectivity index (χ3v) is 8.07. The molecule has 1 aromatic carbocycles. The fourth-order valence-electron chi connectivity index (χ4n) is 4.11. The first-order valence-corrected chi connectivity index (χ1v) is 15.8. The highest BCUT2D eigenvalue weighted by Gasteiger charge is 2.39. The van der Waals surface area contributed by atoms with E-state index in [0.717, 1.165) is 0 Å². The average molecular weight is 701 g/mol. The summed E-state index contributed by atoms with van der Waals surface area (Å²) in [5.41, 5.74) is 1.13. The lowest BCUT2D eigenvalue weighted by molar-refractivity contribution is -0.758. The number of carbonyl (C=O) groups is 1. The van der Waals surface area contributed by atoms with Gasteiger partial charge in [0.25, 0.3) is 21.0 Å². The third kappa shape index (κ3) is 9.39. The molecular weight excluding hydrogens is 668 g/mol. The normalized spacial score (nSPS) is 11.6. The van der Waals surface area contributed by atoms with E-state index in [-0.39, 0.29) is 55.4 Å². The van der Waals surface area contributed by atoms with Gasteiger partial charge in [-0.3, -0.25) is 4.98 Å². The maximum absolute atomic E-state index is 14.4. The highest BCUT2D eigenvalue weighted by Crippen LogP contribution is 2.44. The molecule has 0 aliphatic carbocycles. The molecule has 49 heavy (non-hydrogen) atoms. The standard InChI is InChI=1S/C30H32N6O12S/c1-20-9-10-25(32-19-20)49(40,41)35(21(2)47-30(37)45-17-15-44-16-18-46-36(38)39)28-26(48-24-8-6-5-7-23(24)42-3)29(43-4)34-27(33-28)22-11-13-31-14-12-22/h5-14,19,21H,15-18H2,1-4H3. The van der Waals surface area contributed by atoms with E-state index in [2.05, 4.69) is 24.8 Å². The molecule has 3 aromatic heterocycles. The van der Waals surface area contributed by atoms with Crippen LogP contribution < -0.4 is 18.5 Å². The van der Waals surface area contributed by atoms with E-state index >= 15 is 0 Å². The second-order valence-electron chi connectivity index (χ2n) is 9.66. The number of hydrogen-bond acceptors (Lipinski definition) is 16. The fourth-order valence-corrected chi connectivity index (χ4v) is 5.52. The quantitative estimate of drug-likeness (QED) is 0.0501.